The van der Waals surface area contributed by atoms with Crippen LogP contribution in [0.5, 0.6) is 0 Å². The van der Waals surface area contributed by atoms with E-state index in [9.17, 15) is 0 Å². The highest BCUT2D eigenvalue weighted by Crippen LogP contribution is 2.09. The average Bonchev–Trinajstić information content (AvgIpc) is 2.15. The molecule has 85 valence electrons. The van der Waals surface area contributed by atoms with Crippen LogP contribution in [0.3, 0.4) is 0 Å². The molecule has 0 aliphatic carbocycles. The Morgan fingerprint density at radius 1 is 0.857 bits per heavy atom. The van der Waals surface area contributed by atoms with Crippen molar-refractivity contribution in [1.82, 2.24) is 4.90 Å². The summed E-state index contributed by atoms with van der Waals surface area (Å²) in [6, 6.07) is 0. The maximum Gasteiger partial charge on any atom is 0.000669 e. The van der Waals surface area contributed by atoms with Gasteiger partial charge in [-0.1, -0.05) is 51.9 Å². The van der Waals surface area contributed by atoms with E-state index in [2.05, 4.69) is 32.3 Å². The number of nitrogens with zero attached hydrogens (tertiary/aromatic N) is 1. The standard InChI is InChI=1S/C13H28N/c1-4-5-6-7-8-9-10-11-12-13-14(2)3/h12H,4-11,13H2,1-3H3. The molecule has 0 atom stereocenters. The van der Waals surface area contributed by atoms with Gasteiger partial charge in [0.25, 0.3) is 0 Å². The first-order chi connectivity index (χ1) is 6.77. The van der Waals surface area contributed by atoms with E-state index in [0.29, 0.717) is 0 Å². The first-order valence-electron chi connectivity index (χ1n) is 6.23. The van der Waals surface area contributed by atoms with Crippen LogP contribution in [0.4, 0.5) is 0 Å². The Hall–Kier alpha value is -0.0400. The Balaban J connectivity index is 2.85. The highest BCUT2D eigenvalue weighted by molar-refractivity contribution is 4.67. The second kappa shape index (κ2) is 11.0. The zero-order chi connectivity index (χ0) is 10.6. The van der Waals surface area contributed by atoms with Gasteiger partial charge in [0, 0.05) is 6.54 Å². The Bertz CT molecular complexity index is 99.4. The molecule has 0 rings (SSSR count). The van der Waals surface area contributed by atoms with Crippen LogP contribution >= 0.6 is 0 Å². The lowest BCUT2D eigenvalue weighted by Crippen LogP contribution is -2.13. The molecule has 0 spiro atoms. The zero-order valence-electron chi connectivity index (χ0n) is 10.4. The van der Waals surface area contributed by atoms with Gasteiger partial charge in [-0.2, -0.15) is 0 Å². The molecule has 14 heavy (non-hydrogen) atoms. The van der Waals surface area contributed by atoms with Gasteiger partial charge in [0.1, 0.15) is 0 Å². The molecule has 0 aliphatic heterocycles. The van der Waals surface area contributed by atoms with Crippen LogP contribution < -0.4 is 0 Å². The van der Waals surface area contributed by atoms with Crippen molar-refractivity contribution in [2.24, 2.45) is 0 Å². The van der Waals surface area contributed by atoms with Crippen molar-refractivity contribution >= 4 is 0 Å². The van der Waals surface area contributed by atoms with Gasteiger partial charge in [0.05, 0.1) is 0 Å². The number of hydrogen-bond acceptors (Lipinski definition) is 1. The van der Waals surface area contributed by atoms with Gasteiger partial charge >= 0.3 is 0 Å². The highest BCUT2D eigenvalue weighted by Gasteiger charge is 1.93. The molecular weight excluding hydrogens is 170 g/mol. The number of unbranched alkanes of at least 4 members (excludes halogenated alkanes) is 8. The van der Waals surface area contributed by atoms with E-state index in [-0.39, 0.29) is 0 Å². The van der Waals surface area contributed by atoms with E-state index < -0.39 is 0 Å². The molecule has 0 saturated heterocycles. The summed E-state index contributed by atoms with van der Waals surface area (Å²) in [6.45, 7) is 3.41. The first kappa shape index (κ1) is 14.0. The van der Waals surface area contributed by atoms with Crippen LogP contribution in [-0.2, 0) is 0 Å². The zero-order valence-corrected chi connectivity index (χ0v) is 10.4. The maximum atomic E-state index is 2.39. The molecule has 0 unspecified atom stereocenters. The van der Waals surface area contributed by atoms with Crippen LogP contribution in [0.1, 0.15) is 58.3 Å². The van der Waals surface area contributed by atoms with Gasteiger partial charge in [0.2, 0.25) is 0 Å². The fraction of sp³-hybridized carbons (Fsp3) is 0.923. The average molecular weight is 198 g/mol. The molecule has 0 aliphatic rings. The van der Waals surface area contributed by atoms with Crippen LogP contribution in [0, 0.1) is 6.42 Å². The summed E-state index contributed by atoms with van der Waals surface area (Å²) < 4.78 is 0. The van der Waals surface area contributed by atoms with Crippen LogP contribution in [-0.4, -0.2) is 25.5 Å². The van der Waals surface area contributed by atoms with Gasteiger partial charge in [-0.25, -0.2) is 0 Å². The van der Waals surface area contributed by atoms with E-state index >= 15 is 0 Å². The lowest BCUT2D eigenvalue weighted by atomic mass is 10.1. The van der Waals surface area contributed by atoms with Gasteiger partial charge in [-0.05, 0) is 26.9 Å². The molecular formula is C13H28N. The summed E-state index contributed by atoms with van der Waals surface area (Å²) in [5, 5.41) is 0. The molecule has 0 bridgehead atoms. The normalized spacial score (nSPS) is 11.1. The van der Waals surface area contributed by atoms with Crippen molar-refractivity contribution in [2.75, 3.05) is 20.6 Å². The van der Waals surface area contributed by atoms with E-state index in [1.807, 2.05) is 0 Å². The fourth-order valence-corrected chi connectivity index (χ4v) is 1.60. The smallest absolute Gasteiger partial charge is 0.000669 e. The number of hydrogen-bond donors (Lipinski definition) is 0. The Labute approximate surface area is 90.9 Å². The molecule has 0 saturated carbocycles. The third kappa shape index (κ3) is 12.0. The van der Waals surface area contributed by atoms with Crippen molar-refractivity contribution in [1.29, 1.82) is 0 Å². The summed E-state index contributed by atoms with van der Waals surface area (Å²) in [5.41, 5.74) is 0. The fourth-order valence-electron chi connectivity index (χ4n) is 1.60. The minimum atomic E-state index is 1.13. The van der Waals surface area contributed by atoms with Crippen molar-refractivity contribution in [2.45, 2.75) is 58.3 Å². The molecule has 0 fully saturated rings. The van der Waals surface area contributed by atoms with Crippen molar-refractivity contribution in [3.05, 3.63) is 6.42 Å². The molecule has 1 nitrogen and oxygen atoms in total. The molecule has 0 amide bonds. The van der Waals surface area contributed by atoms with Gasteiger partial charge in [-0.3, -0.25) is 0 Å². The van der Waals surface area contributed by atoms with E-state index in [0.717, 1.165) is 6.54 Å². The van der Waals surface area contributed by atoms with Crippen LogP contribution in [0.15, 0.2) is 0 Å². The molecule has 0 aromatic rings. The molecule has 1 heteroatoms. The monoisotopic (exact) mass is 198 g/mol. The van der Waals surface area contributed by atoms with Gasteiger partial charge in [0.15, 0.2) is 0 Å². The third-order valence-corrected chi connectivity index (χ3v) is 2.51. The summed E-state index contributed by atoms with van der Waals surface area (Å²) >= 11 is 0. The summed E-state index contributed by atoms with van der Waals surface area (Å²) in [6.07, 6.45) is 13.6. The molecule has 0 aromatic carbocycles. The minimum Gasteiger partial charge on any atom is -0.309 e. The maximum absolute atomic E-state index is 2.39. The summed E-state index contributed by atoms with van der Waals surface area (Å²) in [7, 11) is 4.25. The van der Waals surface area contributed by atoms with Crippen molar-refractivity contribution < 1.29 is 0 Å². The lowest BCUT2D eigenvalue weighted by molar-refractivity contribution is 0.433. The van der Waals surface area contributed by atoms with Gasteiger partial charge < -0.3 is 4.90 Å². The SMILES string of the molecule is CCCCCCCCC[CH]CN(C)C. The highest BCUT2D eigenvalue weighted by atomic mass is 15.0. The molecule has 0 heterocycles. The topological polar surface area (TPSA) is 3.24 Å². The predicted octanol–water partition coefficient (Wildman–Crippen LogP) is 3.89. The second-order valence-electron chi connectivity index (χ2n) is 4.46. The lowest BCUT2D eigenvalue weighted by Gasteiger charge is -2.08. The van der Waals surface area contributed by atoms with Crippen molar-refractivity contribution in [3.63, 3.8) is 0 Å². The Morgan fingerprint density at radius 3 is 2.00 bits per heavy atom. The van der Waals surface area contributed by atoms with Crippen LogP contribution in [0.2, 0.25) is 0 Å². The summed E-state index contributed by atoms with van der Waals surface area (Å²) in [5.74, 6) is 0. The molecule has 0 aromatic heterocycles. The van der Waals surface area contributed by atoms with Crippen LogP contribution in [0.25, 0.3) is 0 Å². The first-order valence-corrected chi connectivity index (χ1v) is 6.23. The quantitative estimate of drug-likeness (QED) is 0.481. The largest absolute Gasteiger partial charge is 0.309 e. The number of rotatable bonds is 10. The Kier molecular flexibility index (Phi) is 11.0. The van der Waals surface area contributed by atoms with E-state index in [4.69, 9.17) is 0 Å². The van der Waals surface area contributed by atoms with Crippen molar-refractivity contribution in [3.8, 4) is 0 Å². The van der Waals surface area contributed by atoms with Gasteiger partial charge in [-0.15, -0.1) is 0 Å². The van der Waals surface area contributed by atoms with E-state index in [1.165, 1.54) is 51.4 Å². The molecule has 1 radical (unpaired) electrons. The minimum absolute atomic E-state index is 1.13. The van der Waals surface area contributed by atoms with E-state index in [1.54, 1.807) is 0 Å². The Morgan fingerprint density at radius 2 is 1.43 bits per heavy atom. The predicted molar refractivity (Wildman–Crippen MR) is 65.5 cm³/mol. The third-order valence-electron chi connectivity index (χ3n) is 2.51. The second-order valence-corrected chi connectivity index (χ2v) is 4.46. The summed E-state index contributed by atoms with van der Waals surface area (Å²) in [4.78, 5) is 2.22. The molecule has 0 N–H and O–H groups in total.